The van der Waals surface area contributed by atoms with Gasteiger partial charge in [-0.05, 0) is 33.6 Å². The first-order chi connectivity index (χ1) is 8.17. The standard InChI is InChI=1S/C12H24N2O4/c1-7-17-14-10(15)9(8(2)3)13-11(16)18-12(4,5)6/h8-9H,7H2,1-6H3,(H,13,16)(H,14,15)/t9-/m0/s1. The fourth-order valence-corrected chi connectivity index (χ4v) is 1.18. The predicted octanol–water partition coefficient (Wildman–Crippen LogP) is 1.60. The Balaban J connectivity index is 4.45. The van der Waals surface area contributed by atoms with Crippen LogP contribution >= 0.6 is 0 Å². The number of amides is 2. The van der Waals surface area contributed by atoms with Crippen LogP contribution in [0.4, 0.5) is 4.79 Å². The number of carbonyl (C=O) groups excluding carboxylic acids is 2. The van der Waals surface area contributed by atoms with Gasteiger partial charge in [-0.15, -0.1) is 0 Å². The van der Waals surface area contributed by atoms with Crippen LogP contribution in [0.5, 0.6) is 0 Å². The van der Waals surface area contributed by atoms with E-state index < -0.39 is 23.6 Å². The molecule has 0 spiro atoms. The Hall–Kier alpha value is -1.30. The number of ether oxygens (including phenoxy) is 1. The summed E-state index contributed by atoms with van der Waals surface area (Å²) in [6.07, 6.45) is -0.618. The number of hydroxylamine groups is 1. The summed E-state index contributed by atoms with van der Waals surface area (Å²) in [4.78, 5) is 28.2. The minimum atomic E-state index is -0.689. The van der Waals surface area contributed by atoms with Crippen molar-refractivity contribution in [2.75, 3.05) is 6.61 Å². The van der Waals surface area contributed by atoms with Crippen LogP contribution < -0.4 is 10.8 Å². The summed E-state index contributed by atoms with van der Waals surface area (Å²) in [5.41, 5.74) is 1.68. The van der Waals surface area contributed by atoms with Gasteiger partial charge in [0.05, 0.1) is 6.61 Å². The van der Waals surface area contributed by atoms with E-state index in [0.29, 0.717) is 6.61 Å². The lowest BCUT2D eigenvalue weighted by atomic mass is 10.0. The average Bonchev–Trinajstić information content (AvgIpc) is 2.19. The van der Waals surface area contributed by atoms with E-state index in [0.717, 1.165) is 0 Å². The molecule has 106 valence electrons. The molecule has 0 aliphatic rings. The molecular weight excluding hydrogens is 236 g/mol. The maximum absolute atomic E-state index is 11.7. The van der Waals surface area contributed by atoms with E-state index in [1.807, 2.05) is 13.8 Å². The van der Waals surface area contributed by atoms with Gasteiger partial charge < -0.3 is 10.1 Å². The highest BCUT2D eigenvalue weighted by molar-refractivity contribution is 5.85. The average molecular weight is 260 g/mol. The molecule has 0 aromatic rings. The maximum atomic E-state index is 11.7. The fourth-order valence-electron chi connectivity index (χ4n) is 1.18. The van der Waals surface area contributed by atoms with Crippen molar-refractivity contribution >= 4 is 12.0 Å². The van der Waals surface area contributed by atoms with Gasteiger partial charge in [-0.3, -0.25) is 9.63 Å². The van der Waals surface area contributed by atoms with Gasteiger partial charge >= 0.3 is 6.09 Å². The number of nitrogens with one attached hydrogen (secondary N) is 2. The highest BCUT2D eigenvalue weighted by Gasteiger charge is 2.26. The number of hydrogen-bond donors (Lipinski definition) is 2. The van der Waals surface area contributed by atoms with Crippen LogP contribution in [-0.4, -0.2) is 30.3 Å². The van der Waals surface area contributed by atoms with E-state index in [9.17, 15) is 9.59 Å². The molecule has 0 aliphatic carbocycles. The van der Waals surface area contributed by atoms with E-state index in [1.54, 1.807) is 27.7 Å². The summed E-state index contributed by atoms with van der Waals surface area (Å²) >= 11 is 0. The van der Waals surface area contributed by atoms with Crippen LogP contribution in [-0.2, 0) is 14.4 Å². The smallest absolute Gasteiger partial charge is 0.408 e. The van der Waals surface area contributed by atoms with E-state index in [1.165, 1.54) is 0 Å². The van der Waals surface area contributed by atoms with Gasteiger partial charge in [0.2, 0.25) is 0 Å². The van der Waals surface area contributed by atoms with Crippen LogP contribution in [0.2, 0.25) is 0 Å². The molecule has 0 rings (SSSR count). The first-order valence-corrected chi connectivity index (χ1v) is 6.08. The van der Waals surface area contributed by atoms with E-state index in [2.05, 4.69) is 10.8 Å². The van der Waals surface area contributed by atoms with Crippen LogP contribution in [0.3, 0.4) is 0 Å². The van der Waals surface area contributed by atoms with Crippen molar-refractivity contribution in [1.82, 2.24) is 10.8 Å². The van der Waals surface area contributed by atoms with Gasteiger partial charge in [0, 0.05) is 0 Å². The van der Waals surface area contributed by atoms with Crippen molar-refractivity contribution < 1.29 is 19.2 Å². The Morgan fingerprint density at radius 2 is 1.78 bits per heavy atom. The van der Waals surface area contributed by atoms with Gasteiger partial charge in [0.15, 0.2) is 0 Å². The zero-order valence-electron chi connectivity index (χ0n) is 12.0. The number of alkyl carbamates (subject to hydrolysis) is 1. The zero-order chi connectivity index (χ0) is 14.3. The molecular formula is C12H24N2O4. The Bertz CT molecular complexity index is 284. The first kappa shape index (κ1) is 16.7. The van der Waals surface area contributed by atoms with Crippen LogP contribution in [0.15, 0.2) is 0 Å². The molecule has 6 nitrogen and oxygen atoms in total. The molecule has 0 heterocycles. The second kappa shape index (κ2) is 7.20. The lowest BCUT2D eigenvalue weighted by Crippen LogP contribution is -2.50. The Morgan fingerprint density at radius 1 is 1.22 bits per heavy atom. The third kappa shape index (κ3) is 7.11. The molecule has 0 fully saturated rings. The monoisotopic (exact) mass is 260 g/mol. The maximum Gasteiger partial charge on any atom is 0.408 e. The van der Waals surface area contributed by atoms with Crippen molar-refractivity contribution in [3.8, 4) is 0 Å². The summed E-state index contributed by atoms with van der Waals surface area (Å²) in [5, 5.41) is 2.53. The minimum Gasteiger partial charge on any atom is -0.444 e. The largest absolute Gasteiger partial charge is 0.444 e. The third-order valence-corrected chi connectivity index (χ3v) is 1.94. The summed E-state index contributed by atoms with van der Waals surface area (Å²) in [6, 6.07) is -0.689. The van der Waals surface area contributed by atoms with Gasteiger partial charge in [-0.1, -0.05) is 13.8 Å². The quantitative estimate of drug-likeness (QED) is 0.736. The van der Waals surface area contributed by atoms with Crippen LogP contribution in [0, 0.1) is 5.92 Å². The summed E-state index contributed by atoms with van der Waals surface area (Å²) < 4.78 is 5.10. The van der Waals surface area contributed by atoms with E-state index >= 15 is 0 Å². The van der Waals surface area contributed by atoms with Gasteiger partial charge in [-0.25, -0.2) is 10.3 Å². The molecule has 0 saturated carbocycles. The van der Waals surface area contributed by atoms with Crippen molar-refractivity contribution in [3.05, 3.63) is 0 Å². The molecule has 18 heavy (non-hydrogen) atoms. The van der Waals surface area contributed by atoms with E-state index in [-0.39, 0.29) is 5.92 Å². The van der Waals surface area contributed by atoms with Crippen LogP contribution in [0.1, 0.15) is 41.5 Å². The molecule has 6 heteroatoms. The molecule has 0 bridgehead atoms. The molecule has 1 atom stereocenters. The fraction of sp³-hybridized carbons (Fsp3) is 0.833. The molecule has 0 aromatic carbocycles. The number of hydrogen-bond acceptors (Lipinski definition) is 4. The number of rotatable bonds is 5. The zero-order valence-corrected chi connectivity index (χ0v) is 12.0. The number of carbonyl (C=O) groups is 2. The van der Waals surface area contributed by atoms with E-state index in [4.69, 9.17) is 9.57 Å². The van der Waals surface area contributed by atoms with Crippen molar-refractivity contribution in [1.29, 1.82) is 0 Å². The summed E-state index contributed by atoms with van der Waals surface area (Å²) in [7, 11) is 0. The third-order valence-electron chi connectivity index (χ3n) is 1.94. The highest BCUT2D eigenvalue weighted by Crippen LogP contribution is 2.08. The van der Waals surface area contributed by atoms with Crippen molar-refractivity contribution in [2.45, 2.75) is 53.2 Å². The SMILES string of the molecule is CCONC(=O)[C@@H](NC(=O)OC(C)(C)C)C(C)C. The Morgan fingerprint density at radius 3 is 2.17 bits per heavy atom. The molecule has 0 aliphatic heterocycles. The summed E-state index contributed by atoms with van der Waals surface area (Å²) in [5.74, 6) is -0.462. The van der Waals surface area contributed by atoms with Gasteiger partial charge in [0.1, 0.15) is 11.6 Å². The topological polar surface area (TPSA) is 76.7 Å². The normalized spacial score (nSPS) is 13.1. The Kier molecular flexibility index (Phi) is 6.68. The lowest BCUT2D eigenvalue weighted by Gasteiger charge is -2.24. The summed E-state index contributed by atoms with van der Waals surface area (Å²) in [6.45, 7) is 11.1. The van der Waals surface area contributed by atoms with Crippen molar-refractivity contribution in [2.24, 2.45) is 5.92 Å². The molecule has 2 N–H and O–H groups in total. The van der Waals surface area contributed by atoms with Crippen molar-refractivity contribution in [3.63, 3.8) is 0 Å². The van der Waals surface area contributed by atoms with Crippen LogP contribution in [0.25, 0.3) is 0 Å². The van der Waals surface area contributed by atoms with Gasteiger partial charge in [-0.2, -0.15) is 0 Å². The Labute approximate surface area is 108 Å². The minimum absolute atomic E-state index is 0.0713. The molecule has 0 saturated heterocycles. The molecule has 0 radical (unpaired) electrons. The first-order valence-electron chi connectivity index (χ1n) is 6.08. The second-order valence-corrected chi connectivity index (χ2v) is 5.27. The molecule has 0 aromatic heterocycles. The van der Waals surface area contributed by atoms with Gasteiger partial charge in [0.25, 0.3) is 5.91 Å². The lowest BCUT2D eigenvalue weighted by molar-refractivity contribution is -0.136. The second-order valence-electron chi connectivity index (χ2n) is 5.27. The predicted molar refractivity (Wildman–Crippen MR) is 67.8 cm³/mol. The molecule has 0 unspecified atom stereocenters. The molecule has 2 amide bonds. The highest BCUT2D eigenvalue weighted by atomic mass is 16.6.